The fourth-order valence-corrected chi connectivity index (χ4v) is 1.33. The fraction of sp³-hybridized carbons (Fsp3) is 0. The normalized spacial score (nSPS) is 10.6. The van der Waals surface area contributed by atoms with Crippen LogP contribution in [0, 0.1) is 0 Å². The molecule has 5 nitrogen and oxygen atoms in total. The van der Waals surface area contributed by atoms with Crippen LogP contribution in [0.1, 0.15) is 0 Å². The Morgan fingerprint density at radius 1 is 1.27 bits per heavy atom. The van der Waals surface area contributed by atoms with Gasteiger partial charge in [0.15, 0.2) is 0 Å². The molecule has 0 saturated heterocycles. The van der Waals surface area contributed by atoms with E-state index in [2.05, 4.69) is 0 Å². The Balaban J connectivity index is 0.00000196. The molecule has 0 atom stereocenters. The smallest absolute Gasteiger partial charge is 0.225 e. The van der Waals surface area contributed by atoms with Crippen LogP contribution in [0.2, 0.25) is 0 Å². The van der Waals surface area contributed by atoms with Gasteiger partial charge in [0.2, 0.25) is 10.0 Å². The summed E-state index contributed by atoms with van der Waals surface area (Å²) >= 11 is 0. The minimum absolute atomic E-state index is 0. The molecule has 1 rings (SSSR count). The third kappa shape index (κ3) is 3.59. The predicted molar refractivity (Wildman–Crippen MR) is 52.9 cm³/mol. The van der Waals surface area contributed by atoms with Gasteiger partial charge in [-0.15, -0.1) is 22.1 Å². The topological polar surface area (TPSA) is 75.4 Å². The number of nitrogens with two attached hydrogens (primary N) is 1. The lowest BCUT2D eigenvalue weighted by atomic mass is 10.3. The van der Waals surface area contributed by atoms with Gasteiger partial charge in [0, 0.05) is 0 Å². The van der Waals surface area contributed by atoms with Gasteiger partial charge in [-0.1, -0.05) is 4.48 Å². The molecule has 3 N–H and O–H groups in total. The van der Waals surface area contributed by atoms with Crippen molar-refractivity contribution < 1.29 is 17.4 Å². The van der Waals surface area contributed by atoms with Gasteiger partial charge in [0.05, 0.1) is 10.6 Å². The molecule has 1 aromatic rings. The van der Waals surface area contributed by atoms with Gasteiger partial charge >= 0.3 is 0 Å². The van der Waals surface area contributed by atoms with Gasteiger partial charge < -0.3 is 0 Å². The summed E-state index contributed by atoms with van der Waals surface area (Å²) in [5.74, 6) is 0. The van der Waals surface area contributed by atoms with Crippen molar-refractivity contribution in [2.24, 2.45) is 5.14 Å². The molecule has 15 heavy (non-hydrogen) atoms. The molecule has 0 amide bonds. The fourth-order valence-electron chi connectivity index (χ4n) is 0.815. The third-order valence-corrected chi connectivity index (χ3v) is 2.40. The second-order valence-corrected chi connectivity index (χ2v) is 3.97. The summed E-state index contributed by atoms with van der Waals surface area (Å²) in [5, 5.41) is 4.38. The number of rotatable bonds is 3. The first-order valence-electron chi connectivity index (χ1n) is 3.40. The zero-order chi connectivity index (χ0) is 10.8. The quantitative estimate of drug-likeness (QED) is 0.623. The van der Waals surface area contributed by atoms with Crippen molar-refractivity contribution in [1.29, 1.82) is 0 Å². The van der Waals surface area contributed by atoms with E-state index in [0.717, 1.165) is 29.9 Å². The molecule has 0 aliphatic carbocycles. The molecule has 0 aliphatic heterocycles. The van der Waals surface area contributed by atoms with E-state index in [1.165, 1.54) is 0 Å². The lowest BCUT2D eigenvalue weighted by molar-refractivity contribution is 0.215. The molecule has 86 valence electrons. The first-order chi connectivity index (χ1) is 6.45. The minimum Gasteiger partial charge on any atom is -0.225 e. The van der Waals surface area contributed by atoms with Crippen molar-refractivity contribution in [2.75, 3.05) is 5.23 Å². The van der Waals surface area contributed by atoms with Crippen LogP contribution in [0.5, 0.6) is 0 Å². The van der Waals surface area contributed by atoms with E-state index < -0.39 is 15.3 Å². The van der Waals surface area contributed by atoms with E-state index in [1.54, 1.807) is 0 Å². The predicted octanol–water partition coefficient (Wildman–Crippen LogP) is 0.836. The average Bonchev–Trinajstić information content (AvgIpc) is 2.15. The summed E-state index contributed by atoms with van der Waals surface area (Å²) < 4.78 is 45.6. The van der Waals surface area contributed by atoms with Crippen LogP contribution in [0.25, 0.3) is 0 Å². The molecule has 9 heteroatoms. The van der Waals surface area contributed by atoms with Crippen molar-refractivity contribution in [1.82, 2.24) is 5.65 Å². The van der Waals surface area contributed by atoms with E-state index in [9.17, 15) is 17.4 Å². The highest BCUT2D eigenvalue weighted by molar-refractivity contribution is 7.89. The average molecular weight is 260 g/mol. The SMILES string of the molecule is Cl.NS(=O)(=O)c1ccc(N(F)NF)cc1. The van der Waals surface area contributed by atoms with Crippen LogP contribution < -0.4 is 16.0 Å². The summed E-state index contributed by atoms with van der Waals surface area (Å²) in [4.78, 5) is -0.173. The van der Waals surface area contributed by atoms with Crippen LogP contribution in [0.4, 0.5) is 14.6 Å². The molecule has 0 aromatic heterocycles. The van der Waals surface area contributed by atoms with Crippen molar-refractivity contribution in [3.8, 4) is 0 Å². The number of nitrogens with one attached hydrogen (secondary N) is 1. The van der Waals surface area contributed by atoms with E-state index in [0.29, 0.717) is 0 Å². The highest BCUT2D eigenvalue weighted by Crippen LogP contribution is 2.15. The maximum absolute atomic E-state index is 12.5. The van der Waals surface area contributed by atoms with Crippen LogP contribution in [-0.4, -0.2) is 8.42 Å². The molecule has 0 saturated carbocycles. The van der Waals surface area contributed by atoms with Crippen LogP contribution >= 0.6 is 12.4 Å². The highest BCUT2D eigenvalue weighted by Gasteiger charge is 2.09. The zero-order valence-electron chi connectivity index (χ0n) is 7.22. The number of hydrogen-bond acceptors (Lipinski definition) is 4. The summed E-state index contributed by atoms with van der Waals surface area (Å²) in [7, 11) is -3.81. The number of sulfonamides is 1. The Hall–Kier alpha value is -0.960. The van der Waals surface area contributed by atoms with E-state index >= 15 is 0 Å². The Morgan fingerprint density at radius 2 is 1.73 bits per heavy atom. The number of primary sulfonamides is 1. The Bertz CT molecular complexity index is 411. The summed E-state index contributed by atoms with van der Waals surface area (Å²) in [6, 6.07) is 4.25. The number of hydrazine groups is 1. The van der Waals surface area contributed by atoms with Crippen molar-refractivity contribution in [2.45, 2.75) is 4.90 Å². The maximum atomic E-state index is 12.5. The van der Waals surface area contributed by atoms with E-state index in [-0.39, 0.29) is 23.0 Å². The monoisotopic (exact) mass is 259 g/mol. The van der Waals surface area contributed by atoms with Crippen molar-refractivity contribution in [3.63, 3.8) is 0 Å². The molecular formula is C6H8ClF2N3O2S. The number of hydrogen-bond donors (Lipinski definition) is 2. The first-order valence-corrected chi connectivity index (χ1v) is 4.95. The Kier molecular flexibility index (Phi) is 4.88. The first kappa shape index (κ1) is 14.0. The second kappa shape index (κ2) is 5.21. The molecule has 0 spiro atoms. The lowest BCUT2D eigenvalue weighted by Gasteiger charge is -2.08. The van der Waals surface area contributed by atoms with Gasteiger partial charge in [-0.05, 0) is 29.9 Å². The minimum atomic E-state index is -3.81. The van der Waals surface area contributed by atoms with Gasteiger partial charge in [-0.2, -0.15) is 0 Å². The summed E-state index contributed by atoms with van der Waals surface area (Å²) in [6.07, 6.45) is 0. The zero-order valence-corrected chi connectivity index (χ0v) is 8.86. The number of benzene rings is 1. The van der Waals surface area contributed by atoms with E-state index in [4.69, 9.17) is 5.14 Å². The molecule has 0 fully saturated rings. The summed E-state index contributed by atoms with van der Waals surface area (Å²) in [5.41, 5.74) is 0.545. The molecule has 0 bridgehead atoms. The lowest BCUT2D eigenvalue weighted by Crippen LogP contribution is -2.22. The van der Waals surface area contributed by atoms with Gasteiger partial charge in [-0.3, -0.25) is 0 Å². The van der Waals surface area contributed by atoms with Crippen molar-refractivity contribution in [3.05, 3.63) is 24.3 Å². The van der Waals surface area contributed by atoms with Crippen LogP contribution in [-0.2, 0) is 10.0 Å². The van der Waals surface area contributed by atoms with Crippen LogP contribution in [0.3, 0.4) is 0 Å². The number of halogens is 3. The molecule has 1 aromatic carbocycles. The number of anilines is 1. The standard InChI is InChI=1S/C6H7F2N3O2S.ClH/c7-10-11(8)5-1-3-6(4-2-5)14(9,12)13;/h1-4,10H,(H2,9,12,13);1H. The molecule has 0 heterocycles. The van der Waals surface area contributed by atoms with Gasteiger partial charge in [0.25, 0.3) is 0 Å². The molecular weight excluding hydrogens is 252 g/mol. The third-order valence-electron chi connectivity index (χ3n) is 1.47. The van der Waals surface area contributed by atoms with Crippen molar-refractivity contribution >= 4 is 28.1 Å². The largest absolute Gasteiger partial charge is 0.238 e. The van der Waals surface area contributed by atoms with Crippen LogP contribution in [0.15, 0.2) is 29.2 Å². The molecule has 0 unspecified atom stereocenters. The molecule has 0 aliphatic rings. The maximum Gasteiger partial charge on any atom is 0.238 e. The highest BCUT2D eigenvalue weighted by atomic mass is 35.5. The Morgan fingerprint density at radius 3 is 2.07 bits per heavy atom. The van der Waals surface area contributed by atoms with Gasteiger partial charge in [0.1, 0.15) is 0 Å². The van der Waals surface area contributed by atoms with Gasteiger partial charge in [-0.25, -0.2) is 13.6 Å². The van der Waals surface area contributed by atoms with E-state index in [1.807, 2.05) is 0 Å². The Labute approximate surface area is 91.2 Å². The second-order valence-electron chi connectivity index (χ2n) is 2.40. The summed E-state index contributed by atoms with van der Waals surface area (Å²) in [6.45, 7) is 0. The number of nitrogens with zero attached hydrogens (tertiary/aromatic N) is 1. The molecule has 0 radical (unpaired) electrons.